The summed E-state index contributed by atoms with van der Waals surface area (Å²) in [7, 11) is 1.73. The summed E-state index contributed by atoms with van der Waals surface area (Å²) in [6.07, 6.45) is 4.74. The van der Waals surface area contributed by atoms with Crippen LogP contribution in [0.25, 0.3) is 0 Å². The van der Waals surface area contributed by atoms with Gasteiger partial charge in [-0.2, -0.15) is 5.10 Å². The van der Waals surface area contributed by atoms with Crippen molar-refractivity contribution in [2.24, 2.45) is 7.05 Å². The number of rotatable bonds is 6. The molecule has 1 aromatic heterocycles. The minimum absolute atomic E-state index is 0.252. The zero-order chi connectivity index (χ0) is 16.1. The normalized spacial score (nSPS) is 11.0. The maximum Gasteiger partial charge on any atom is 0.259 e. The Hall–Kier alpha value is -1.52. The Labute approximate surface area is 140 Å². The molecule has 22 heavy (non-hydrogen) atoms. The first kappa shape index (κ1) is 16.8. The van der Waals surface area contributed by atoms with Crippen LogP contribution in [0.2, 0.25) is 0 Å². The quantitative estimate of drug-likeness (QED) is 0.788. The number of aromatic nitrogens is 2. The van der Waals surface area contributed by atoms with Gasteiger partial charge in [0.25, 0.3) is 5.91 Å². The van der Waals surface area contributed by atoms with Gasteiger partial charge >= 0.3 is 0 Å². The van der Waals surface area contributed by atoms with E-state index in [9.17, 15) is 4.79 Å². The summed E-state index contributed by atoms with van der Waals surface area (Å²) in [5.74, 6) is -0.252. The van der Waals surface area contributed by atoms with Gasteiger partial charge in [-0.1, -0.05) is 54.7 Å². The lowest BCUT2D eigenvalue weighted by Crippen LogP contribution is -2.14. The fourth-order valence-electron chi connectivity index (χ4n) is 2.26. The van der Waals surface area contributed by atoms with Crippen LogP contribution in [0.3, 0.4) is 0 Å². The summed E-state index contributed by atoms with van der Waals surface area (Å²) < 4.78 is 1.53. The summed E-state index contributed by atoms with van der Waals surface area (Å²) >= 11 is 11.8. The van der Waals surface area contributed by atoms with Crippen molar-refractivity contribution < 1.29 is 4.79 Å². The summed E-state index contributed by atoms with van der Waals surface area (Å²) in [5.41, 5.74) is 2.70. The number of carbonyl (C=O) groups is 1. The van der Waals surface area contributed by atoms with E-state index in [0.29, 0.717) is 11.3 Å². The molecule has 0 saturated heterocycles. The van der Waals surface area contributed by atoms with Gasteiger partial charge in [0.05, 0.1) is 5.56 Å². The molecule has 1 aromatic carbocycles. The molecule has 0 aliphatic rings. The van der Waals surface area contributed by atoms with Crippen LogP contribution in [0, 0.1) is 0 Å². The molecule has 6 heteroatoms. The second-order valence-electron chi connectivity index (χ2n) is 5.12. The average molecular weight is 340 g/mol. The maximum absolute atomic E-state index is 12.5. The fourth-order valence-corrected chi connectivity index (χ4v) is 2.58. The molecule has 0 aliphatic carbocycles. The molecular formula is C16H19Cl2N3O. The molecule has 2 aromatic rings. The van der Waals surface area contributed by atoms with E-state index in [1.165, 1.54) is 4.68 Å². The van der Waals surface area contributed by atoms with Crippen molar-refractivity contribution in [2.75, 3.05) is 5.32 Å². The molecule has 0 fully saturated rings. The van der Waals surface area contributed by atoms with E-state index in [1.807, 2.05) is 24.3 Å². The molecule has 0 aliphatic heterocycles. The first-order chi connectivity index (χ1) is 10.5. The lowest BCUT2D eigenvalue weighted by atomic mass is 10.1. The molecule has 0 atom stereocenters. The minimum atomic E-state index is -0.836. The summed E-state index contributed by atoms with van der Waals surface area (Å²) in [4.78, 5) is 11.7. The third-order valence-corrected chi connectivity index (χ3v) is 3.79. The molecule has 0 unspecified atom stereocenters. The number of unbranched alkanes of at least 4 members (excludes halogenated alkanes) is 1. The first-order valence-corrected chi connectivity index (χ1v) is 8.11. The Kier molecular flexibility index (Phi) is 5.86. The lowest BCUT2D eigenvalue weighted by molar-refractivity contribution is 0.102. The highest BCUT2D eigenvalue weighted by atomic mass is 35.5. The lowest BCUT2D eigenvalue weighted by Gasteiger charge is -2.11. The van der Waals surface area contributed by atoms with E-state index < -0.39 is 4.84 Å². The fraction of sp³-hybridized carbons (Fsp3) is 0.375. The molecule has 0 bridgehead atoms. The molecule has 1 N–H and O–H groups in total. The Balaban J connectivity index is 2.22. The Morgan fingerprint density at radius 2 is 2.09 bits per heavy atom. The second-order valence-corrected chi connectivity index (χ2v) is 6.21. The molecule has 1 amide bonds. The second kappa shape index (κ2) is 7.65. The number of para-hydroxylation sites is 1. The van der Waals surface area contributed by atoms with E-state index in [-0.39, 0.29) is 5.91 Å². The number of hydrogen-bond donors (Lipinski definition) is 1. The van der Waals surface area contributed by atoms with Gasteiger partial charge in [0.15, 0.2) is 4.84 Å². The number of aryl methyl sites for hydroxylation is 2. The third-order valence-electron chi connectivity index (χ3n) is 3.37. The van der Waals surface area contributed by atoms with Crippen molar-refractivity contribution in [1.29, 1.82) is 0 Å². The third kappa shape index (κ3) is 4.02. The average Bonchev–Trinajstić information content (AvgIpc) is 2.89. The van der Waals surface area contributed by atoms with Crippen LogP contribution in [-0.4, -0.2) is 15.7 Å². The van der Waals surface area contributed by atoms with Crippen molar-refractivity contribution in [3.8, 4) is 0 Å². The summed E-state index contributed by atoms with van der Waals surface area (Å²) in [6, 6.07) is 7.81. The van der Waals surface area contributed by atoms with E-state index in [1.54, 1.807) is 13.2 Å². The van der Waals surface area contributed by atoms with Crippen molar-refractivity contribution in [3.05, 3.63) is 47.3 Å². The summed E-state index contributed by atoms with van der Waals surface area (Å²) in [5, 5.41) is 7.07. The number of hydrogen-bond acceptors (Lipinski definition) is 2. The highest BCUT2D eigenvalue weighted by Crippen LogP contribution is 2.27. The predicted octanol–water partition coefficient (Wildman–Crippen LogP) is 4.49. The van der Waals surface area contributed by atoms with E-state index in [4.69, 9.17) is 23.2 Å². The Morgan fingerprint density at radius 1 is 1.36 bits per heavy atom. The molecule has 4 nitrogen and oxygen atoms in total. The topological polar surface area (TPSA) is 46.9 Å². The number of nitrogens with one attached hydrogen (secondary N) is 1. The molecule has 2 rings (SSSR count). The molecule has 0 saturated carbocycles. The predicted molar refractivity (Wildman–Crippen MR) is 90.7 cm³/mol. The Bertz CT molecular complexity index is 653. The molecular weight excluding hydrogens is 321 g/mol. The van der Waals surface area contributed by atoms with Gasteiger partial charge in [-0.15, -0.1) is 0 Å². The van der Waals surface area contributed by atoms with E-state index >= 15 is 0 Å². The van der Waals surface area contributed by atoms with Gasteiger partial charge in [-0.05, 0) is 24.5 Å². The monoisotopic (exact) mass is 339 g/mol. The van der Waals surface area contributed by atoms with E-state index in [2.05, 4.69) is 17.3 Å². The van der Waals surface area contributed by atoms with Gasteiger partial charge in [-0.25, -0.2) is 0 Å². The summed E-state index contributed by atoms with van der Waals surface area (Å²) in [6.45, 7) is 2.14. The van der Waals surface area contributed by atoms with Crippen LogP contribution in [0.5, 0.6) is 0 Å². The van der Waals surface area contributed by atoms with Crippen molar-refractivity contribution in [2.45, 2.75) is 31.0 Å². The van der Waals surface area contributed by atoms with Crippen LogP contribution >= 0.6 is 23.2 Å². The highest BCUT2D eigenvalue weighted by Gasteiger charge is 2.20. The van der Waals surface area contributed by atoms with Gasteiger partial charge in [0, 0.05) is 18.9 Å². The van der Waals surface area contributed by atoms with Gasteiger partial charge in [0.2, 0.25) is 0 Å². The van der Waals surface area contributed by atoms with Crippen LogP contribution < -0.4 is 5.32 Å². The SMILES string of the molecule is CCCCc1ccccc1NC(=O)c1cn(C)nc1C(Cl)Cl. The van der Waals surface area contributed by atoms with Crippen molar-refractivity contribution in [1.82, 2.24) is 9.78 Å². The number of benzene rings is 1. The highest BCUT2D eigenvalue weighted by molar-refractivity contribution is 6.44. The van der Waals surface area contributed by atoms with Crippen molar-refractivity contribution in [3.63, 3.8) is 0 Å². The van der Waals surface area contributed by atoms with Crippen LogP contribution in [0.15, 0.2) is 30.5 Å². The van der Waals surface area contributed by atoms with Gasteiger partial charge in [-0.3, -0.25) is 9.48 Å². The zero-order valence-electron chi connectivity index (χ0n) is 12.6. The van der Waals surface area contributed by atoms with Crippen LogP contribution in [-0.2, 0) is 13.5 Å². The first-order valence-electron chi connectivity index (χ1n) is 7.23. The number of nitrogens with zero attached hydrogens (tertiary/aromatic N) is 2. The molecule has 118 valence electrons. The number of alkyl halides is 2. The number of halogens is 2. The minimum Gasteiger partial charge on any atom is -0.322 e. The van der Waals surface area contributed by atoms with Gasteiger partial charge in [0.1, 0.15) is 5.69 Å². The zero-order valence-corrected chi connectivity index (χ0v) is 14.2. The number of amides is 1. The molecule has 1 heterocycles. The number of carbonyl (C=O) groups excluding carboxylic acids is 1. The van der Waals surface area contributed by atoms with Crippen molar-refractivity contribution >= 4 is 34.8 Å². The Morgan fingerprint density at radius 3 is 2.77 bits per heavy atom. The maximum atomic E-state index is 12.5. The smallest absolute Gasteiger partial charge is 0.259 e. The van der Waals surface area contributed by atoms with Gasteiger partial charge < -0.3 is 5.32 Å². The van der Waals surface area contributed by atoms with Crippen LogP contribution in [0.1, 0.15) is 46.2 Å². The van der Waals surface area contributed by atoms with Crippen LogP contribution in [0.4, 0.5) is 5.69 Å². The largest absolute Gasteiger partial charge is 0.322 e. The molecule has 0 spiro atoms. The van der Waals surface area contributed by atoms with E-state index in [0.717, 1.165) is 30.5 Å². The standard InChI is InChI=1S/C16H19Cl2N3O/c1-3-4-7-11-8-5-6-9-13(11)19-16(22)12-10-21(2)20-14(12)15(17)18/h5-6,8-10,15H,3-4,7H2,1-2H3,(H,19,22). The molecule has 0 radical (unpaired) electrons. The number of anilines is 1.